The molecular formula is C16H26N4O2. The van der Waals surface area contributed by atoms with Gasteiger partial charge in [-0.25, -0.2) is 0 Å². The number of nitrogens with zero attached hydrogens (tertiary/aromatic N) is 3. The van der Waals surface area contributed by atoms with Gasteiger partial charge in [0, 0.05) is 38.7 Å². The van der Waals surface area contributed by atoms with E-state index in [1.54, 1.807) is 4.68 Å². The summed E-state index contributed by atoms with van der Waals surface area (Å²) in [5, 5.41) is 7.21. The Morgan fingerprint density at radius 2 is 2.18 bits per heavy atom. The molecule has 0 aromatic carbocycles. The first-order valence-corrected chi connectivity index (χ1v) is 7.80. The summed E-state index contributed by atoms with van der Waals surface area (Å²) < 4.78 is 1.76. The van der Waals surface area contributed by atoms with Gasteiger partial charge in [0.05, 0.1) is 11.7 Å². The minimum Gasteiger partial charge on any atom is -0.351 e. The molecule has 1 aromatic rings. The summed E-state index contributed by atoms with van der Waals surface area (Å²) in [6.07, 6.45) is 2.65. The highest BCUT2D eigenvalue weighted by molar-refractivity contribution is 5.82. The Morgan fingerprint density at radius 3 is 2.77 bits per heavy atom. The molecule has 1 atom stereocenters. The van der Waals surface area contributed by atoms with Crippen LogP contribution < -0.4 is 5.32 Å². The van der Waals surface area contributed by atoms with Gasteiger partial charge in [-0.2, -0.15) is 5.10 Å². The molecule has 0 radical (unpaired) electrons. The lowest BCUT2D eigenvalue weighted by Crippen LogP contribution is -2.39. The first-order valence-electron chi connectivity index (χ1n) is 7.80. The lowest BCUT2D eigenvalue weighted by molar-refractivity contribution is -0.128. The van der Waals surface area contributed by atoms with Crippen LogP contribution in [-0.2, 0) is 16.1 Å². The molecule has 2 heterocycles. The Bertz CT molecular complexity index is 545. The standard InChI is InChI=1S/C16H26N4O2/c1-12-5-7-20(18-12)8-6-14(21)17-13-9-15(22)19(10-13)11-16(2,3)4/h5,7,13H,6,8-11H2,1-4H3,(H,17,21). The smallest absolute Gasteiger partial charge is 0.224 e. The highest BCUT2D eigenvalue weighted by atomic mass is 16.2. The van der Waals surface area contributed by atoms with Crippen molar-refractivity contribution in [3.05, 3.63) is 18.0 Å². The van der Waals surface area contributed by atoms with Crippen LogP contribution in [0.5, 0.6) is 0 Å². The second-order valence-electron chi connectivity index (χ2n) is 7.27. The second kappa shape index (κ2) is 6.50. The Hall–Kier alpha value is -1.85. The molecule has 22 heavy (non-hydrogen) atoms. The number of hydrogen-bond donors (Lipinski definition) is 1. The van der Waals surface area contributed by atoms with Gasteiger partial charge in [-0.05, 0) is 18.4 Å². The summed E-state index contributed by atoms with van der Waals surface area (Å²) in [5.41, 5.74) is 1.02. The first-order chi connectivity index (χ1) is 10.2. The van der Waals surface area contributed by atoms with Crippen molar-refractivity contribution in [2.45, 2.75) is 53.1 Å². The van der Waals surface area contributed by atoms with E-state index >= 15 is 0 Å². The Balaban J connectivity index is 1.76. The third-order valence-electron chi connectivity index (χ3n) is 3.59. The molecule has 1 saturated heterocycles. The highest BCUT2D eigenvalue weighted by Gasteiger charge is 2.32. The number of carbonyl (C=O) groups is 2. The molecule has 1 fully saturated rings. The molecule has 0 bridgehead atoms. The van der Waals surface area contributed by atoms with E-state index < -0.39 is 0 Å². The molecule has 1 unspecified atom stereocenters. The molecule has 1 aliphatic rings. The summed E-state index contributed by atoms with van der Waals surface area (Å²) in [6, 6.07) is 1.85. The van der Waals surface area contributed by atoms with Crippen LogP contribution in [0.25, 0.3) is 0 Å². The summed E-state index contributed by atoms with van der Waals surface area (Å²) in [4.78, 5) is 25.8. The predicted octanol–water partition coefficient (Wildman–Crippen LogP) is 1.34. The zero-order valence-electron chi connectivity index (χ0n) is 13.9. The number of aromatic nitrogens is 2. The molecule has 1 N–H and O–H groups in total. The fourth-order valence-electron chi connectivity index (χ4n) is 2.70. The SMILES string of the molecule is Cc1ccn(CCC(=O)NC2CC(=O)N(CC(C)(C)C)C2)n1. The van der Waals surface area contributed by atoms with Gasteiger partial charge in [0.25, 0.3) is 0 Å². The van der Waals surface area contributed by atoms with Crippen LogP contribution in [-0.4, -0.2) is 45.6 Å². The Morgan fingerprint density at radius 1 is 1.45 bits per heavy atom. The van der Waals surface area contributed by atoms with Crippen molar-refractivity contribution in [3.63, 3.8) is 0 Å². The molecule has 0 saturated carbocycles. The van der Waals surface area contributed by atoms with Crippen LogP contribution in [0.3, 0.4) is 0 Å². The largest absolute Gasteiger partial charge is 0.351 e. The fraction of sp³-hybridized carbons (Fsp3) is 0.688. The van der Waals surface area contributed by atoms with Crippen LogP contribution in [0.1, 0.15) is 39.3 Å². The van der Waals surface area contributed by atoms with Crippen molar-refractivity contribution in [1.29, 1.82) is 0 Å². The van der Waals surface area contributed by atoms with E-state index in [0.29, 0.717) is 25.9 Å². The topological polar surface area (TPSA) is 67.2 Å². The van der Waals surface area contributed by atoms with Crippen molar-refractivity contribution in [2.75, 3.05) is 13.1 Å². The number of aryl methyl sites for hydroxylation is 2. The number of hydrogen-bond acceptors (Lipinski definition) is 3. The van der Waals surface area contributed by atoms with E-state index in [9.17, 15) is 9.59 Å². The lowest BCUT2D eigenvalue weighted by Gasteiger charge is -2.26. The summed E-state index contributed by atoms with van der Waals surface area (Å²) >= 11 is 0. The van der Waals surface area contributed by atoms with Gasteiger partial charge < -0.3 is 10.2 Å². The van der Waals surface area contributed by atoms with Crippen LogP contribution in [0.15, 0.2) is 12.3 Å². The van der Waals surface area contributed by atoms with Gasteiger partial charge in [-0.15, -0.1) is 0 Å². The zero-order valence-corrected chi connectivity index (χ0v) is 13.9. The van der Waals surface area contributed by atoms with Crippen LogP contribution in [0.2, 0.25) is 0 Å². The molecule has 0 spiro atoms. The van der Waals surface area contributed by atoms with Gasteiger partial charge in [0.2, 0.25) is 11.8 Å². The molecule has 1 aliphatic heterocycles. The average molecular weight is 306 g/mol. The highest BCUT2D eigenvalue weighted by Crippen LogP contribution is 2.20. The zero-order chi connectivity index (χ0) is 16.3. The minimum absolute atomic E-state index is 0.0245. The second-order valence-corrected chi connectivity index (χ2v) is 7.27. The van der Waals surface area contributed by atoms with Crippen molar-refractivity contribution in [2.24, 2.45) is 5.41 Å². The number of likely N-dealkylation sites (tertiary alicyclic amines) is 1. The Labute approximate surface area is 131 Å². The van der Waals surface area contributed by atoms with Crippen molar-refractivity contribution < 1.29 is 9.59 Å². The maximum Gasteiger partial charge on any atom is 0.224 e. The number of carbonyl (C=O) groups excluding carboxylic acids is 2. The molecular weight excluding hydrogens is 280 g/mol. The van der Waals surface area contributed by atoms with Gasteiger partial charge in [0.1, 0.15) is 0 Å². The fourth-order valence-corrected chi connectivity index (χ4v) is 2.70. The molecule has 2 rings (SSSR count). The van der Waals surface area contributed by atoms with Crippen molar-refractivity contribution in [3.8, 4) is 0 Å². The van der Waals surface area contributed by atoms with E-state index in [4.69, 9.17) is 0 Å². The summed E-state index contributed by atoms with van der Waals surface area (Å²) in [5.74, 6) is 0.103. The van der Waals surface area contributed by atoms with E-state index in [1.807, 2.05) is 24.1 Å². The van der Waals surface area contributed by atoms with Crippen LogP contribution in [0, 0.1) is 12.3 Å². The number of amides is 2. The monoisotopic (exact) mass is 306 g/mol. The van der Waals surface area contributed by atoms with E-state index in [1.165, 1.54) is 0 Å². The van der Waals surface area contributed by atoms with Gasteiger partial charge in [-0.1, -0.05) is 20.8 Å². The summed E-state index contributed by atoms with van der Waals surface area (Å²) in [6.45, 7) is 10.2. The molecule has 122 valence electrons. The third-order valence-corrected chi connectivity index (χ3v) is 3.59. The number of nitrogens with one attached hydrogen (secondary N) is 1. The molecule has 2 amide bonds. The van der Waals surface area contributed by atoms with Gasteiger partial charge in [0.15, 0.2) is 0 Å². The minimum atomic E-state index is -0.0679. The van der Waals surface area contributed by atoms with E-state index in [2.05, 4.69) is 31.2 Å². The lowest BCUT2D eigenvalue weighted by atomic mass is 9.96. The molecule has 6 heteroatoms. The van der Waals surface area contributed by atoms with Gasteiger partial charge >= 0.3 is 0 Å². The van der Waals surface area contributed by atoms with Crippen LogP contribution >= 0.6 is 0 Å². The normalized spacial score (nSPS) is 18.8. The molecule has 0 aliphatic carbocycles. The van der Waals surface area contributed by atoms with E-state index in [0.717, 1.165) is 12.2 Å². The number of rotatable bonds is 5. The van der Waals surface area contributed by atoms with Crippen LogP contribution in [0.4, 0.5) is 0 Å². The van der Waals surface area contributed by atoms with Crippen molar-refractivity contribution >= 4 is 11.8 Å². The Kier molecular flexibility index (Phi) is 4.88. The molecule has 1 aromatic heterocycles. The van der Waals surface area contributed by atoms with E-state index in [-0.39, 0.29) is 23.3 Å². The average Bonchev–Trinajstić information content (AvgIpc) is 2.92. The first kappa shape index (κ1) is 16.5. The maximum absolute atomic E-state index is 12.0. The molecule has 6 nitrogen and oxygen atoms in total. The predicted molar refractivity (Wildman–Crippen MR) is 84.2 cm³/mol. The third kappa shape index (κ3) is 4.86. The maximum atomic E-state index is 12.0. The summed E-state index contributed by atoms with van der Waals surface area (Å²) in [7, 11) is 0. The van der Waals surface area contributed by atoms with Crippen molar-refractivity contribution in [1.82, 2.24) is 20.0 Å². The quantitative estimate of drug-likeness (QED) is 0.893. The van der Waals surface area contributed by atoms with Gasteiger partial charge in [-0.3, -0.25) is 14.3 Å².